The van der Waals surface area contributed by atoms with Crippen molar-refractivity contribution < 1.29 is 19.1 Å². The van der Waals surface area contributed by atoms with Crippen LogP contribution in [0.3, 0.4) is 0 Å². The van der Waals surface area contributed by atoms with Gasteiger partial charge in [0, 0.05) is 11.6 Å². The van der Waals surface area contributed by atoms with Crippen LogP contribution in [0.2, 0.25) is 0 Å². The molecule has 0 aromatic heterocycles. The van der Waals surface area contributed by atoms with Crippen molar-refractivity contribution in [2.24, 2.45) is 0 Å². The summed E-state index contributed by atoms with van der Waals surface area (Å²) >= 11 is 0. The Bertz CT molecular complexity index is 494. The predicted octanol–water partition coefficient (Wildman–Crippen LogP) is 5.24. The largest absolute Gasteiger partial charge is 0.456 e. The minimum atomic E-state index is -0.410. The van der Waals surface area contributed by atoms with E-state index < -0.39 is 5.97 Å². The highest BCUT2D eigenvalue weighted by molar-refractivity contribution is 5.96. The molecule has 0 aromatic rings. The summed E-state index contributed by atoms with van der Waals surface area (Å²) in [6, 6.07) is 0. The molecule has 0 saturated heterocycles. The van der Waals surface area contributed by atoms with Crippen LogP contribution in [0.1, 0.15) is 97.8 Å². The molecular weight excluding hydrogens is 316 g/mol. The maximum absolute atomic E-state index is 12.5. The van der Waals surface area contributed by atoms with Crippen molar-refractivity contribution >= 4 is 11.9 Å². The van der Waals surface area contributed by atoms with E-state index in [9.17, 15) is 9.59 Å². The van der Waals surface area contributed by atoms with Crippen molar-refractivity contribution in [2.75, 3.05) is 0 Å². The number of ether oxygens (including phenoxy) is 2. The summed E-state index contributed by atoms with van der Waals surface area (Å²) in [6.07, 6.45) is 13.5. The Labute approximate surface area is 152 Å². The van der Waals surface area contributed by atoms with Crippen LogP contribution in [0, 0.1) is 0 Å². The Hall–Kier alpha value is -1.32. The second-order valence-corrected chi connectivity index (χ2v) is 7.83. The molecule has 0 N–H and O–H groups in total. The number of carbonyl (C=O) groups is 2. The van der Waals surface area contributed by atoms with Gasteiger partial charge in [-0.3, -0.25) is 0 Å². The highest BCUT2D eigenvalue weighted by Gasteiger charge is 2.35. The van der Waals surface area contributed by atoms with E-state index in [1.165, 1.54) is 18.9 Å². The van der Waals surface area contributed by atoms with Gasteiger partial charge in [-0.15, -0.1) is 0 Å². The zero-order valence-corrected chi connectivity index (χ0v) is 16.2. The van der Waals surface area contributed by atoms with Crippen molar-refractivity contribution in [2.45, 2.75) is 109 Å². The highest BCUT2D eigenvalue weighted by atomic mass is 16.6. The number of hydrogen-bond acceptors (Lipinski definition) is 4. The third kappa shape index (κ3) is 5.32. The van der Waals surface area contributed by atoms with Crippen LogP contribution < -0.4 is 0 Å². The lowest BCUT2D eigenvalue weighted by atomic mass is 9.82. The van der Waals surface area contributed by atoms with Gasteiger partial charge in [0.2, 0.25) is 0 Å². The lowest BCUT2D eigenvalue weighted by Crippen LogP contribution is -2.37. The molecule has 0 spiro atoms. The van der Waals surface area contributed by atoms with Gasteiger partial charge < -0.3 is 9.47 Å². The first-order valence-corrected chi connectivity index (χ1v) is 10.1. The average Bonchev–Trinajstić information content (AvgIpc) is 2.63. The summed E-state index contributed by atoms with van der Waals surface area (Å²) in [6.45, 7) is 5.78. The molecule has 2 aliphatic rings. The number of esters is 2. The molecule has 0 aromatic carbocycles. The minimum Gasteiger partial charge on any atom is -0.456 e. The quantitative estimate of drug-likeness (QED) is 0.485. The molecule has 0 atom stereocenters. The second-order valence-electron chi connectivity index (χ2n) is 7.83. The topological polar surface area (TPSA) is 52.6 Å². The highest BCUT2D eigenvalue weighted by Crippen LogP contribution is 2.36. The third-order valence-corrected chi connectivity index (χ3v) is 6.10. The first-order valence-electron chi connectivity index (χ1n) is 10.1. The molecule has 2 saturated carbocycles. The fourth-order valence-electron chi connectivity index (χ4n) is 4.20. The Morgan fingerprint density at radius 3 is 1.68 bits per heavy atom. The van der Waals surface area contributed by atoms with Crippen LogP contribution in [0.4, 0.5) is 0 Å². The van der Waals surface area contributed by atoms with Crippen molar-refractivity contribution in [1.29, 1.82) is 0 Å². The van der Waals surface area contributed by atoms with Crippen LogP contribution in [0.25, 0.3) is 0 Å². The molecule has 0 amide bonds. The summed E-state index contributed by atoms with van der Waals surface area (Å²) < 4.78 is 11.6. The molecule has 0 radical (unpaired) electrons. The molecule has 4 heteroatoms. The zero-order chi connectivity index (χ0) is 18.3. The van der Waals surface area contributed by atoms with E-state index in [1.807, 2.05) is 0 Å². The molecule has 4 nitrogen and oxygen atoms in total. The summed E-state index contributed by atoms with van der Waals surface area (Å²) in [4.78, 5) is 24.8. The van der Waals surface area contributed by atoms with Crippen LogP contribution in [0.5, 0.6) is 0 Å². The molecule has 0 heterocycles. The summed E-state index contributed by atoms with van der Waals surface area (Å²) in [5, 5.41) is 0. The van der Waals surface area contributed by atoms with Gasteiger partial charge >= 0.3 is 11.9 Å². The van der Waals surface area contributed by atoms with Gasteiger partial charge in [-0.2, -0.15) is 0 Å². The average molecular weight is 350 g/mol. The Morgan fingerprint density at radius 1 is 0.800 bits per heavy atom. The fraction of sp³-hybridized carbons (Fsp3) is 0.810. The zero-order valence-electron chi connectivity index (χ0n) is 16.2. The first-order chi connectivity index (χ1) is 11.9. The maximum atomic E-state index is 12.5. The van der Waals surface area contributed by atoms with E-state index in [-0.39, 0.29) is 17.2 Å². The van der Waals surface area contributed by atoms with E-state index >= 15 is 0 Å². The number of carbonyl (C=O) groups excluding carboxylic acids is 2. The predicted molar refractivity (Wildman–Crippen MR) is 98.2 cm³/mol. The molecule has 0 unspecified atom stereocenters. The van der Waals surface area contributed by atoms with E-state index in [0.29, 0.717) is 5.57 Å². The van der Waals surface area contributed by atoms with Crippen LogP contribution in [0.15, 0.2) is 11.6 Å². The molecule has 2 rings (SSSR count). The van der Waals surface area contributed by atoms with E-state index in [2.05, 4.69) is 13.8 Å². The summed E-state index contributed by atoms with van der Waals surface area (Å²) in [5.74, 6) is -0.790. The molecular formula is C21H34O4. The lowest BCUT2D eigenvalue weighted by Gasteiger charge is -2.36. The van der Waals surface area contributed by atoms with Gasteiger partial charge in [0.1, 0.15) is 11.2 Å². The van der Waals surface area contributed by atoms with Gasteiger partial charge in [-0.1, -0.05) is 26.7 Å². The monoisotopic (exact) mass is 350 g/mol. The SMILES string of the molecule is CCC1(OC(=O)/C=C(/C)C(=O)OC2(CC)CCCCC2)CCCCC1. The fourth-order valence-corrected chi connectivity index (χ4v) is 4.20. The van der Waals surface area contributed by atoms with E-state index in [4.69, 9.17) is 9.47 Å². The van der Waals surface area contributed by atoms with Gasteiger partial charge in [0.25, 0.3) is 0 Å². The third-order valence-electron chi connectivity index (χ3n) is 6.10. The van der Waals surface area contributed by atoms with Gasteiger partial charge in [-0.05, 0) is 71.1 Å². The Kier molecular flexibility index (Phi) is 7.09. The van der Waals surface area contributed by atoms with E-state index in [1.54, 1.807) is 6.92 Å². The molecule has 0 bridgehead atoms. The van der Waals surface area contributed by atoms with Gasteiger partial charge in [0.15, 0.2) is 0 Å². The van der Waals surface area contributed by atoms with Crippen LogP contribution >= 0.6 is 0 Å². The van der Waals surface area contributed by atoms with Crippen LogP contribution in [-0.4, -0.2) is 23.1 Å². The number of rotatable bonds is 6. The molecule has 0 aliphatic heterocycles. The van der Waals surface area contributed by atoms with Crippen LogP contribution in [-0.2, 0) is 19.1 Å². The molecule has 142 valence electrons. The van der Waals surface area contributed by atoms with Gasteiger partial charge in [0.05, 0.1) is 0 Å². The Balaban J connectivity index is 1.96. The summed E-state index contributed by atoms with van der Waals surface area (Å²) in [5.41, 5.74) is -0.350. The maximum Gasteiger partial charge on any atom is 0.334 e. The number of hydrogen-bond donors (Lipinski definition) is 0. The first kappa shape index (κ1) is 20.0. The molecule has 25 heavy (non-hydrogen) atoms. The Morgan fingerprint density at radius 2 is 1.24 bits per heavy atom. The normalized spacial score (nSPS) is 22.9. The van der Waals surface area contributed by atoms with Crippen molar-refractivity contribution in [1.82, 2.24) is 0 Å². The van der Waals surface area contributed by atoms with Crippen molar-refractivity contribution in [3.05, 3.63) is 11.6 Å². The molecule has 2 aliphatic carbocycles. The smallest absolute Gasteiger partial charge is 0.334 e. The molecule has 2 fully saturated rings. The van der Waals surface area contributed by atoms with Crippen molar-refractivity contribution in [3.8, 4) is 0 Å². The minimum absolute atomic E-state index is 0.338. The summed E-state index contributed by atoms with van der Waals surface area (Å²) in [7, 11) is 0. The van der Waals surface area contributed by atoms with Crippen molar-refractivity contribution in [3.63, 3.8) is 0 Å². The lowest BCUT2D eigenvalue weighted by molar-refractivity contribution is -0.161. The second kappa shape index (κ2) is 8.86. The standard InChI is InChI=1S/C21H34O4/c1-4-20(12-8-6-9-13-20)24-18(22)16-17(3)19(23)25-21(5-2)14-10-7-11-15-21/h16H,4-15H2,1-3H3/b17-16-. The van der Waals surface area contributed by atoms with Gasteiger partial charge in [-0.25, -0.2) is 9.59 Å². The van der Waals surface area contributed by atoms with E-state index in [0.717, 1.165) is 64.2 Å².